The average molecular weight is 242 g/mol. The van der Waals surface area contributed by atoms with Crippen molar-refractivity contribution in [2.24, 2.45) is 5.73 Å². The van der Waals surface area contributed by atoms with Crippen molar-refractivity contribution >= 4 is 16.6 Å². The first-order valence-corrected chi connectivity index (χ1v) is 6.24. The van der Waals surface area contributed by atoms with Gasteiger partial charge in [0, 0.05) is 29.8 Å². The third-order valence-corrected chi connectivity index (χ3v) is 3.11. The molecular formula is C15H18N2O. The van der Waals surface area contributed by atoms with Crippen LogP contribution in [0.25, 0.3) is 10.8 Å². The fourth-order valence-corrected chi connectivity index (χ4v) is 2.11. The first-order valence-electron chi connectivity index (χ1n) is 6.24. The molecule has 0 aliphatic rings. The predicted octanol–water partition coefficient (Wildman–Crippen LogP) is 2.89. The van der Waals surface area contributed by atoms with Gasteiger partial charge in [-0.15, -0.1) is 0 Å². The number of pyridine rings is 1. The summed E-state index contributed by atoms with van der Waals surface area (Å²) in [6.45, 7) is 4.68. The van der Waals surface area contributed by atoms with E-state index in [2.05, 4.69) is 18.8 Å². The van der Waals surface area contributed by atoms with Gasteiger partial charge in [-0.3, -0.25) is 9.78 Å². The van der Waals surface area contributed by atoms with Crippen LogP contribution in [0.3, 0.4) is 0 Å². The Labute approximate surface area is 107 Å². The summed E-state index contributed by atoms with van der Waals surface area (Å²) >= 11 is 0. The number of nitrogens with two attached hydrogens (primary N) is 1. The molecule has 0 saturated heterocycles. The molecule has 0 aliphatic carbocycles. The van der Waals surface area contributed by atoms with Crippen LogP contribution in [0.5, 0.6) is 0 Å². The minimum atomic E-state index is 0.0920. The van der Waals surface area contributed by atoms with Crippen molar-refractivity contribution in [3.63, 3.8) is 0 Å². The molecule has 0 radical (unpaired) electrons. The zero-order chi connectivity index (χ0) is 13.1. The summed E-state index contributed by atoms with van der Waals surface area (Å²) in [5.41, 5.74) is 7.34. The van der Waals surface area contributed by atoms with E-state index >= 15 is 0 Å². The maximum atomic E-state index is 11.8. The van der Waals surface area contributed by atoms with Gasteiger partial charge < -0.3 is 5.73 Å². The Hall–Kier alpha value is -1.74. The summed E-state index contributed by atoms with van der Waals surface area (Å²) in [5.74, 6) is 0.515. The van der Waals surface area contributed by atoms with E-state index < -0.39 is 0 Å². The molecule has 0 aliphatic heterocycles. The SMILES string of the molecule is CC(C)c1cncc2cc(C(=O)CCN)ccc12. The third kappa shape index (κ3) is 2.41. The van der Waals surface area contributed by atoms with Crippen molar-refractivity contribution in [1.29, 1.82) is 0 Å². The molecule has 1 aromatic carbocycles. The lowest BCUT2D eigenvalue weighted by Crippen LogP contribution is -2.08. The summed E-state index contributed by atoms with van der Waals surface area (Å²) in [6, 6.07) is 5.80. The van der Waals surface area contributed by atoms with Gasteiger partial charge in [0.15, 0.2) is 5.78 Å². The summed E-state index contributed by atoms with van der Waals surface area (Å²) in [5, 5.41) is 2.19. The van der Waals surface area contributed by atoms with Gasteiger partial charge in [0.25, 0.3) is 0 Å². The number of carbonyl (C=O) groups is 1. The van der Waals surface area contributed by atoms with Gasteiger partial charge in [-0.2, -0.15) is 0 Å². The molecule has 94 valence electrons. The van der Waals surface area contributed by atoms with Crippen LogP contribution < -0.4 is 5.73 Å². The molecule has 3 heteroatoms. The highest BCUT2D eigenvalue weighted by Gasteiger charge is 2.09. The van der Waals surface area contributed by atoms with Gasteiger partial charge in [-0.25, -0.2) is 0 Å². The Bertz CT molecular complexity index is 576. The van der Waals surface area contributed by atoms with Crippen molar-refractivity contribution in [3.05, 3.63) is 41.7 Å². The Morgan fingerprint density at radius 1 is 1.33 bits per heavy atom. The van der Waals surface area contributed by atoms with Crippen LogP contribution in [0.4, 0.5) is 0 Å². The summed E-state index contributed by atoms with van der Waals surface area (Å²) < 4.78 is 0. The number of benzene rings is 1. The molecule has 2 rings (SSSR count). The van der Waals surface area contributed by atoms with Gasteiger partial charge in [-0.1, -0.05) is 26.0 Å². The first-order chi connectivity index (χ1) is 8.63. The normalized spacial score (nSPS) is 11.1. The molecule has 0 bridgehead atoms. The molecule has 18 heavy (non-hydrogen) atoms. The molecule has 2 aromatic rings. The summed E-state index contributed by atoms with van der Waals surface area (Å²) in [4.78, 5) is 16.1. The zero-order valence-corrected chi connectivity index (χ0v) is 10.8. The Balaban J connectivity index is 2.50. The van der Waals surface area contributed by atoms with Crippen molar-refractivity contribution in [2.45, 2.75) is 26.2 Å². The standard InChI is InChI=1S/C15H18N2O/c1-10(2)14-9-17-8-12-7-11(3-4-13(12)14)15(18)5-6-16/h3-4,7-10H,5-6,16H2,1-2H3. The number of aromatic nitrogens is 1. The lowest BCUT2D eigenvalue weighted by atomic mass is 9.96. The van der Waals surface area contributed by atoms with Crippen molar-refractivity contribution < 1.29 is 4.79 Å². The highest BCUT2D eigenvalue weighted by Crippen LogP contribution is 2.25. The molecule has 0 spiro atoms. The lowest BCUT2D eigenvalue weighted by Gasteiger charge is -2.10. The van der Waals surface area contributed by atoms with Gasteiger partial charge in [0.05, 0.1) is 0 Å². The number of carbonyl (C=O) groups excluding carboxylic acids is 1. The Morgan fingerprint density at radius 3 is 2.78 bits per heavy atom. The number of ketones is 1. The predicted molar refractivity (Wildman–Crippen MR) is 73.8 cm³/mol. The second-order valence-corrected chi connectivity index (χ2v) is 4.78. The number of nitrogens with zero attached hydrogens (tertiary/aromatic N) is 1. The van der Waals surface area contributed by atoms with E-state index in [4.69, 9.17) is 5.73 Å². The van der Waals surface area contributed by atoms with Gasteiger partial charge in [0.2, 0.25) is 0 Å². The van der Waals surface area contributed by atoms with E-state index in [1.54, 1.807) is 6.20 Å². The maximum Gasteiger partial charge on any atom is 0.164 e. The largest absolute Gasteiger partial charge is 0.330 e. The molecule has 1 heterocycles. The number of fused-ring (bicyclic) bond motifs is 1. The smallest absolute Gasteiger partial charge is 0.164 e. The highest BCUT2D eigenvalue weighted by molar-refractivity contribution is 6.00. The van der Waals surface area contributed by atoms with Gasteiger partial charge in [-0.05, 0) is 29.5 Å². The second kappa shape index (κ2) is 5.27. The van der Waals surface area contributed by atoms with Crippen LogP contribution in [0, 0.1) is 0 Å². The van der Waals surface area contributed by atoms with Crippen LogP contribution in [-0.4, -0.2) is 17.3 Å². The van der Waals surface area contributed by atoms with Crippen LogP contribution >= 0.6 is 0 Å². The number of rotatable bonds is 4. The number of hydrogen-bond acceptors (Lipinski definition) is 3. The molecule has 3 nitrogen and oxygen atoms in total. The van der Waals surface area contributed by atoms with Crippen molar-refractivity contribution in [2.75, 3.05) is 6.54 Å². The topological polar surface area (TPSA) is 56.0 Å². The molecule has 0 fully saturated rings. The van der Waals surface area contributed by atoms with E-state index in [-0.39, 0.29) is 5.78 Å². The van der Waals surface area contributed by atoms with Gasteiger partial charge >= 0.3 is 0 Å². The molecule has 0 amide bonds. The van der Waals surface area contributed by atoms with Crippen LogP contribution in [0.15, 0.2) is 30.6 Å². The average Bonchev–Trinajstić information content (AvgIpc) is 2.37. The third-order valence-electron chi connectivity index (χ3n) is 3.11. The quantitative estimate of drug-likeness (QED) is 0.839. The monoisotopic (exact) mass is 242 g/mol. The van der Waals surface area contributed by atoms with E-state index in [9.17, 15) is 4.79 Å². The second-order valence-electron chi connectivity index (χ2n) is 4.78. The van der Waals surface area contributed by atoms with Gasteiger partial charge in [0.1, 0.15) is 0 Å². The summed E-state index contributed by atoms with van der Waals surface area (Å²) in [7, 11) is 0. The van der Waals surface area contributed by atoms with E-state index in [0.717, 1.165) is 10.9 Å². The fourth-order valence-electron chi connectivity index (χ4n) is 2.11. The maximum absolute atomic E-state index is 11.8. The highest BCUT2D eigenvalue weighted by atomic mass is 16.1. The number of hydrogen-bond donors (Lipinski definition) is 1. The fraction of sp³-hybridized carbons (Fsp3) is 0.333. The van der Waals surface area contributed by atoms with Crippen LogP contribution in [-0.2, 0) is 0 Å². The molecular weight excluding hydrogens is 224 g/mol. The van der Waals surface area contributed by atoms with E-state index in [1.165, 1.54) is 10.9 Å². The minimum Gasteiger partial charge on any atom is -0.330 e. The zero-order valence-electron chi connectivity index (χ0n) is 10.8. The summed E-state index contributed by atoms with van der Waals surface area (Å²) in [6.07, 6.45) is 4.09. The Kier molecular flexibility index (Phi) is 3.72. The van der Waals surface area contributed by atoms with Crippen LogP contribution in [0.1, 0.15) is 42.1 Å². The molecule has 0 saturated carbocycles. The first kappa shape index (κ1) is 12.7. The number of Topliss-reactive ketones (excluding diaryl/α,β-unsaturated/α-hetero) is 1. The van der Waals surface area contributed by atoms with Crippen LogP contribution in [0.2, 0.25) is 0 Å². The van der Waals surface area contributed by atoms with E-state index in [0.29, 0.717) is 18.9 Å². The minimum absolute atomic E-state index is 0.0920. The van der Waals surface area contributed by atoms with Crippen molar-refractivity contribution in [3.8, 4) is 0 Å². The molecule has 1 aromatic heterocycles. The van der Waals surface area contributed by atoms with Crippen molar-refractivity contribution in [1.82, 2.24) is 4.98 Å². The Morgan fingerprint density at radius 2 is 2.11 bits per heavy atom. The lowest BCUT2D eigenvalue weighted by molar-refractivity contribution is 0.0985. The van der Waals surface area contributed by atoms with E-state index in [1.807, 2.05) is 24.4 Å². The molecule has 2 N–H and O–H groups in total. The molecule has 0 unspecified atom stereocenters. The molecule has 0 atom stereocenters.